The van der Waals surface area contributed by atoms with E-state index < -0.39 is 0 Å². The third kappa shape index (κ3) is 4.23. The molecule has 0 spiro atoms. The van der Waals surface area contributed by atoms with Gasteiger partial charge in [-0.15, -0.1) is 0 Å². The Morgan fingerprint density at radius 2 is 2.00 bits per heavy atom. The maximum atomic E-state index is 11.9. The Morgan fingerprint density at radius 1 is 1.39 bits per heavy atom. The van der Waals surface area contributed by atoms with Crippen LogP contribution in [-0.4, -0.2) is 30.0 Å². The van der Waals surface area contributed by atoms with Gasteiger partial charge in [-0.05, 0) is 25.2 Å². The second kappa shape index (κ2) is 7.49. The highest BCUT2D eigenvalue weighted by molar-refractivity contribution is 9.09. The molecule has 1 rings (SSSR count). The van der Waals surface area contributed by atoms with Crippen LogP contribution in [0.4, 0.5) is 0 Å². The van der Waals surface area contributed by atoms with E-state index in [2.05, 4.69) is 35.1 Å². The number of amides is 1. The first-order valence-electron chi connectivity index (χ1n) is 7.02. The molecule has 18 heavy (non-hydrogen) atoms. The molecular weight excluding hydrogens is 294 g/mol. The molecule has 1 saturated carbocycles. The number of nitrogens with one attached hydrogen (secondary N) is 1. The van der Waals surface area contributed by atoms with Gasteiger partial charge in [0.05, 0.1) is 12.0 Å². The van der Waals surface area contributed by atoms with Crippen LogP contribution in [-0.2, 0) is 9.53 Å². The average molecular weight is 320 g/mol. The first-order chi connectivity index (χ1) is 8.56. The van der Waals surface area contributed by atoms with E-state index in [9.17, 15) is 4.79 Å². The summed E-state index contributed by atoms with van der Waals surface area (Å²) in [5, 5.41) is 3.02. The van der Waals surface area contributed by atoms with Gasteiger partial charge in [0.15, 0.2) is 0 Å². The van der Waals surface area contributed by atoms with Gasteiger partial charge in [-0.3, -0.25) is 4.79 Å². The van der Waals surface area contributed by atoms with Gasteiger partial charge >= 0.3 is 0 Å². The van der Waals surface area contributed by atoms with Gasteiger partial charge in [0.25, 0.3) is 0 Å². The molecule has 1 unspecified atom stereocenters. The Bertz CT molecular complexity index is 257. The standard InChI is InChI=1S/C14H26BrNO2/c1-4-11(5-2)12(15)10-16-13(17)9-14(18-3)7-6-8-14/h11-12H,4-10H2,1-3H3,(H,16,17). The fourth-order valence-corrected chi connectivity index (χ4v) is 3.47. The Kier molecular flexibility index (Phi) is 6.64. The lowest BCUT2D eigenvalue weighted by Crippen LogP contribution is -2.45. The molecular formula is C14H26BrNO2. The molecule has 0 aromatic heterocycles. The van der Waals surface area contributed by atoms with Crippen LogP contribution >= 0.6 is 15.9 Å². The summed E-state index contributed by atoms with van der Waals surface area (Å²) in [6, 6.07) is 0. The molecule has 0 saturated heterocycles. The van der Waals surface area contributed by atoms with Gasteiger partial charge < -0.3 is 10.1 Å². The predicted molar refractivity (Wildman–Crippen MR) is 78.0 cm³/mol. The van der Waals surface area contributed by atoms with Crippen molar-refractivity contribution in [2.24, 2.45) is 5.92 Å². The summed E-state index contributed by atoms with van der Waals surface area (Å²) >= 11 is 3.67. The Hall–Kier alpha value is -0.0900. The van der Waals surface area contributed by atoms with Crippen LogP contribution in [0.5, 0.6) is 0 Å². The van der Waals surface area contributed by atoms with E-state index in [0.717, 1.165) is 25.7 Å². The number of methoxy groups -OCH3 is 1. The molecule has 1 aliphatic carbocycles. The van der Waals surface area contributed by atoms with Crippen molar-refractivity contribution in [1.29, 1.82) is 0 Å². The van der Waals surface area contributed by atoms with E-state index in [1.165, 1.54) is 6.42 Å². The van der Waals surface area contributed by atoms with Crippen LogP contribution < -0.4 is 5.32 Å². The molecule has 0 aromatic carbocycles. The number of carbonyl (C=O) groups is 1. The minimum atomic E-state index is -0.166. The number of ether oxygens (including phenoxy) is 1. The predicted octanol–water partition coefficient (Wildman–Crippen LogP) is 3.26. The summed E-state index contributed by atoms with van der Waals surface area (Å²) in [6.45, 7) is 5.10. The lowest BCUT2D eigenvalue weighted by molar-refractivity contribution is -0.134. The van der Waals surface area contributed by atoms with Crippen molar-refractivity contribution in [3.8, 4) is 0 Å². The number of hydrogen-bond acceptors (Lipinski definition) is 2. The number of carbonyl (C=O) groups excluding carboxylic acids is 1. The molecule has 3 nitrogen and oxygen atoms in total. The molecule has 0 heterocycles. The molecule has 1 fully saturated rings. The van der Waals surface area contributed by atoms with E-state index in [1.807, 2.05) is 0 Å². The highest BCUT2D eigenvalue weighted by Gasteiger charge is 2.38. The highest BCUT2D eigenvalue weighted by Crippen LogP contribution is 2.37. The van der Waals surface area contributed by atoms with Gasteiger partial charge in [0.1, 0.15) is 0 Å². The van der Waals surface area contributed by atoms with Crippen LogP contribution in [0.2, 0.25) is 0 Å². The third-order valence-electron chi connectivity index (χ3n) is 4.24. The monoisotopic (exact) mass is 319 g/mol. The summed E-state index contributed by atoms with van der Waals surface area (Å²) in [6.07, 6.45) is 6.00. The fraction of sp³-hybridized carbons (Fsp3) is 0.929. The second-order valence-electron chi connectivity index (χ2n) is 5.31. The summed E-state index contributed by atoms with van der Waals surface area (Å²) in [7, 11) is 1.71. The maximum absolute atomic E-state index is 11.9. The molecule has 0 radical (unpaired) electrons. The van der Waals surface area contributed by atoms with Crippen molar-refractivity contribution in [2.45, 2.75) is 62.8 Å². The largest absolute Gasteiger partial charge is 0.378 e. The molecule has 4 heteroatoms. The van der Waals surface area contributed by atoms with Gasteiger partial charge in [0, 0.05) is 18.5 Å². The number of halogens is 1. The zero-order chi connectivity index (χ0) is 13.6. The average Bonchev–Trinajstić information content (AvgIpc) is 2.33. The van der Waals surface area contributed by atoms with Gasteiger partial charge in [-0.2, -0.15) is 0 Å². The lowest BCUT2D eigenvalue weighted by atomic mass is 9.77. The molecule has 106 valence electrons. The first-order valence-corrected chi connectivity index (χ1v) is 7.94. The smallest absolute Gasteiger partial charge is 0.222 e. The highest BCUT2D eigenvalue weighted by atomic mass is 79.9. The topological polar surface area (TPSA) is 38.3 Å². The minimum Gasteiger partial charge on any atom is -0.378 e. The Morgan fingerprint density at radius 3 is 2.39 bits per heavy atom. The maximum Gasteiger partial charge on any atom is 0.222 e. The molecule has 1 aliphatic rings. The van der Waals surface area contributed by atoms with E-state index in [-0.39, 0.29) is 11.5 Å². The second-order valence-corrected chi connectivity index (χ2v) is 6.49. The lowest BCUT2D eigenvalue weighted by Gasteiger charge is -2.40. The van der Waals surface area contributed by atoms with E-state index >= 15 is 0 Å². The molecule has 0 aromatic rings. The summed E-state index contributed by atoms with van der Waals surface area (Å²) in [4.78, 5) is 12.3. The summed E-state index contributed by atoms with van der Waals surface area (Å²) in [5.74, 6) is 0.748. The molecule has 0 bridgehead atoms. The van der Waals surface area contributed by atoms with Crippen molar-refractivity contribution in [2.75, 3.05) is 13.7 Å². The molecule has 1 N–H and O–H groups in total. The molecule has 0 aliphatic heterocycles. The third-order valence-corrected chi connectivity index (χ3v) is 5.31. The Labute approximate surface area is 119 Å². The van der Waals surface area contributed by atoms with Gasteiger partial charge in [-0.25, -0.2) is 0 Å². The van der Waals surface area contributed by atoms with Crippen molar-refractivity contribution >= 4 is 21.8 Å². The van der Waals surface area contributed by atoms with E-state index in [1.54, 1.807) is 7.11 Å². The molecule has 1 amide bonds. The SMILES string of the molecule is CCC(CC)C(Br)CNC(=O)CC1(OC)CCC1. The number of hydrogen-bond donors (Lipinski definition) is 1. The minimum absolute atomic E-state index is 0.118. The zero-order valence-corrected chi connectivity index (χ0v) is 13.4. The van der Waals surface area contributed by atoms with Crippen LogP contribution in [0, 0.1) is 5.92 Å². The zero-order valence-electron chi connectivity index (χ0n) is 11.8. The van der Waals surface area contributed by atoms with Gasteiger partial charge in [-0.1, -0.05) is 42.6 Å². The van der Waals surface area contributed by atoms with Crippen LogP contribution in [0.25, 0.3) is 0 Å². The summed E-state index contributed by atoms with van der Waals surface area (Å²) < 4.78 is 5.47. The van der Waals surface area contributed by atoms with Gasteiger partial charge in [0.2, 0.25) is 5.91 Å². The van der Waals surface area contributed by atoms with E-state index in [4.69, 9.17) is 4.74 Å². The number of rotatable bonds is 8. The normalized spacial score (nSPS) is 19.4. The first kappa shape index (κ1) is 16.0. The number of alkyl halides is 1. The van der Waals surface area contributed by atoms with Crippen LogP contribution in [0.1, 0.15) is 52.4 Å². The fourth-order valence-electron chi connectivity index (χ4n) is 2.56. The van der Waals surface area contributed by atoms with Crippen molar-refractivity contribution < 1.29 is 9.53 Å². The summed E-state index contributed by atoms with van der Waals surface area (Å²) in [5.41, 5.74) is -0.166. The van der Waals surface area contributed by atoms with E-state index in [0.29, 0.717) is 23.7 Å². The van der Waals surface area contributed by atoms with Crippen molar-refractivity contribution in [1.82, 2.24) is 5.32 Å². The quantitative estimate of drug-likeness (QED) is 0.697. The molecule has 1 atom stereocenters. The van der Waals surface area contributed by atoms with Crippen molar-refractivity contribution in [3.63, 3.8) is 0 Å². The Balaban J connectivity index is 2.28. The van der Waals surface area contributed by atoms with Crippen molar-refractivity contribution in [3.05, 3.63) is 0 Å². The van der Waals surface area contributed by atoms with Crippen LogP contribution in [0.15, 0.2) is 0 Å². The van der Waals surface area contributed by atoms with Crippen LogP contribution in [0.3, 0.4) is 0 Å².